The molecule has 0 radical (unpaired) electrons. The van der Waals surface area contributed by atoms with Crippen LogP contribution in [0.5, 0.6) is 0 Å². The number of benzene rings is 8. The molecule has 0 aliphatic carbocycles. The Bertz CT molecular complexity index is 3090. The van der Waals surface area contributed by atoms with Crippen molar-refractivity contribution in [1.29, 1.82) is 0 Å². The van der Waals surface area contributed by atoms with Gasteiger partial charge in [-0.2, -0.15) is 0 Å². The average Bonchev–Trinajstić information content (AvgIpc) is 3.76. The molecule has 0 unspecified atom stereocenters. The predicted molar refractivity (Wildman–Crippen MR) is 218 cm³/mol. The highest BCUT2D eigenvalue weighted by atomic mass is 16.3. The van der Waals surface area contributed by atoms with E-state index in [2.05, 4.69) is 185 Å². The molecule has 52 heavy (non-hydrogen) atoms. The van der Waals surface area contributed by atoms with E-state index in [-0.39, 0.29) is 6.85 Å². The van der Waals surface area contributed by atoms with Gasteiger partial charge in [0, 0.05) is 44.2 Å². The highest BCUT2D eigenvalue weighted by Gasteiger charge is 2.44. The summed E-state index contributed by atoms with van der Waals surface area (Å²) in [6, 6.07) is 64.2. The molecule has 12 rings (SSSR count). The van der Waals surface area contributed by atoms with E-state index < -0.39 is 0 Å². The molecule has 4 heteroatoms. The fraction of sp³-hybridized carbons (Fsp3) is 0. The lowest BCUT2D eigenvalue weighted by Gasteiger charge is -2.42. The Labute approximate surface area is 300 Å². The van der Waals surface area contributed by atoms with Gasteiger partial charge in [0.1, 0.15) is 11.2 Å². The molecule has 4 heterocycles. The summed E-state index contributed by atoms with van der Waals surface area (Å²) in [5, 5.41) is 4.82. The van der Waals surface area contributed by atoms with E-state index in [9.17, 15) is 0 Å². The number of anilines is 2. The standard InChI is InChI=1S/C48H29BN2O/c1-3-15-30(16-4-1)32-19-7-8-20-33(32)38-27-39-36-29-45-37(34-21-10-14-26-44(34)52-45)28-43(36)51(31-17-5-2-6-18-31)49-40-23-11-13-25-42(40)50-41-24-12-9-22-35(41)46(38)48(50)47(39)49/h1-29H. The molecule has 0 saturated carbocycles. The minimum atomic E-state index is -0.0468. The van der Waals surface area contributed by atoms with E-state index in [0.29, 0.717) is 0 Å². The first-order chi connectivity index (χ1) is 25.8. The van der Waals surface area contributed by atoms with Crippen molar-refractivity contribution in [3.8, 4) is 39.1 Å². The maximum absolute atomic E-state index is 6.60. The fourth-order valence-electron chi connectivity index (χ4n) is 9.28. The van der Waals surface area contributed by atoms with Gasteiger partial charge in [0.25, 0.3) is 0 Å². The summed E-state index contributed by atoms with van der Waals surface area (Å²) < 4.78 is 9.14. The molecule has 10 aromatic rings. The molecular formula is C48H29BN2O. The second-order valence-corrected chi connectivity index (χ2v) is 14.0. The van der Waals surface area contributed by atoms with Crippen molar-refractivity contribution in [3.05, 3.63) is 176 Å². The van der Waals surface area contributed by atoms with Crippen molar-refractivity contribution in [2.45, 2.75) is 0 Å². The second-order valence-electron chi connectivity index (χ2n) is 14.0. The first kappa shape index (κ1) is 28.0. The zero-order chi connectivity index (χ0) is 33.9. The number of hydrogen-bond donors (Lipinski definition) is 0. The number of aromatic nitrogens is 1. The highest BCUT2D eigenvalue weighted by Crippen LogP contribution is 2.50. The summed E-state index contributed by atoms with van der Waals surface area (Å²) in [5.74, 6) is 0. The SMILES string of the molecule is c1ccc(-c2ccccc2-c2cc3c4c5c2c2ccccc2n5-c2ccccc2B4N(c2ccccc2)c2cc4c(cc2-3)oc2ccccc24)cc1. The third-order valence-corrected chi connectivity index (χ3v) is 11.4. The molecule has 0 amide bonds. The van der Waals surface area contributed by atoms with Gasteiger partial charge in [-0.1, -0.05) is 127 Å². The van der Waals surface area contributed by atoms with E-state index in [1.54, 1.807) is 0 Å². The molecule has 0 bridgehead atoms. The summed E-state index contributed by atoms with van der Waals surface area (Å²) in [6.07, 6.45) is 0. The van der Waals surface area contributed by atoms with Crippen LogP contribution in [0.4, 0.5) is 11.4 Å². The summed E-state index contributed by atoms with van der Waals surface area (Å²) in [6.45, 7) is -0.0468. The Hall–Kier alpha value is -6.78. The molecule has 0 fully saturated rings. The van der Waals surface area contributed by atoms with Crippen LogP contribution in [0.15, 0.2) is 180 Å². The lowest BCUT2D eigenvalue weighted by Crippen LogP contribution is -2.60. The highest BCUT2D eigenvalue weighted by molar-refractivity contribution is 6.93. The molecule has 2 aliphatic heterocycles. The van der Waals surface area contributed by atoms with Crippen LogP contribution in [0.1, 0.15) is 0 Å². The van der Waals surface area contributed by atoms with Gasteiger partial charge in [0.2, 0.25) is 0 Å². The first-order valence-corrected chi connectivity index (χ1v) is 18.0. The lowest BCUT2D eigenvalue weighted by atomic mass is 9.44. The van der Waals surface area contributed by atoms with Gasteiger partial charge in [-0.25, -0.2) is 0 Å². The smallest absolute Gasteiger partial charge is 0.333 e. The van der Waals surface area contributed by atoms with Crippen molar-refractivity contribution in [2.24, 2.45) is 0 Å². The number of hydrogen-bond acceptors (Lipinski definition) is 2. The van der Waals surface area contributed by atoms with Crippen molar-refractivity contribution < 1.29 is 4.42 Å². The van der Waals surface area contributed by atoms with Gasteiger partial charge in [-0.15, -0.1) is 0 Å². The van der Waals surface area contributed by atoms with Crippen LogP contribution in [0, 0.1) is 0 Å². The Morgan fingerprint density at radius 2 is 1.13 bits per heavy atom. The third-order valence-electron chi connectivity index (χ3n) is 11.4. The Morgan fingerprint density at radius 3 is 2.00 bits per heavy atom. The van der Waals surface area contributed by atoms with Crippen LogP contribution in [-0.4, -0.2) is 11.4 Å². The maximum Gasteiger partial charge on any atom is 0.333 e. The van der Waals surface area contributed by atoms with Gasteiger partial charge >= 0.3 is 6.85 Å². The molecule has 3 nitrogen and oxygen atoms in total. The van der Waals surface area contributed by atoms with Gasteiger partial charge < -0.3 is 13.8 Å². The fourth-order valence-corrected chi connectivity index (χ4v) is 9.28. The third kappa shape index (κ3) is 3.65. The van der Waals surface area contributed by atoms with E-state index in [0.717, 1.165) is 27.6 Å². The van der Waals surface area contributed by atoms with Gasteiger partial charge in [0.05, 0.1) is 11.0 Å². The summed E-state index contributed by atoms with van der Waals surface area (Å²) in [5.41, 5.74) is 17.8. The van der Waals surface area contributed by atoms with Gasteiger partial charge in [0.15, 0.2) is 0 Å². The van der Waals surface area contributed by atoms with Gasteiger partial charge in [-0.3, -0.25) is 0 Å². The van der Waals surface area contributed by atoms with E-state index >= 15 is 0 Å². The number of nitrogens with zero attached hydrogens (tertiary/aromatic N) is 2. The van der Waals surface area contributed by atoms with Crippen molar-refractivity contribution in [3.63, 3.8) is 0 Å². The molecule has 8 aromatic carbocycles. The Morgan fingerprint density at radius 1 is 0.442 bits per heavy atom. The summed E-state index contributed by atoms with van der Waals surface area (Å²) >= 11 is 0. The minimum Gasteiger partial charge on any atom is -0.456 e. The zero-order valence-electron chi connectivity index (χ0n) is 28.1. The molecule has 0 spiro atoms. The Balaban J connectivity index is 1.31. The molecule has 0 N–H and O–H groups in total. The molecule has 0 atom stereocenters. The monoisotopic (exact) mass is 660 g/mol. The predicted octanol–water partition coefficient (Wildman–Crippen LogP) is 11.3. The normalized spacial score (nSPS) is 12.9. The lowest BCUT2D eigenvalue weighted by molar-refractivity contribution is 0.669. The van der Waals surface area contributed by atoms with E-state index in [1.807, 2.05) is 0 Å². The van der Waals surface area contributed by atoms with Crippen molar-refractivity contribution >= 4 is 72.9 Å². The second kappa shape index (κ2) is 10.4. The van der Waals surface area contributed by atoms with Crippen LogP contribution in [0.3, 0.4) is 0 Å². The van der Waals surface area contributed by atoms with Crippen LogP contribution in [0.25, 0.3) is 82.8 Å². The average molecular weight is 661 g/mol. The number of rotatable bonds is 3. The van der Waals surface area contributed by atoms with Crippen LogP contribution in [0.2, 0.25) is 0 Å². The van der Waals surface area contributed by atoms with Crippen molar-refractivity contribution in [1.82, 2.24) is 4.57 Å². The Kier molecular flexibility index (Phi) is 5.58. The molecule has 0 saturated heterocycles. The maximum atomic E-state index is 6.60. The van der Waals surface area contributed by atoms with Crippen LogP contribution in [-0.2, 0) is 0 Å². The van der Waals surface area contributed by atoms with Crippen LogP contribution >= 0.6 is 0 Å². The zero-order valence-corrected chi connectivity index (χ0v) is 28.1. The molecule has 240 valence electrons. The molecule has 2 aromatic heterocycles. The number of furan rings is 1. The summed E-state index contributed by atoms with van der Waals surface area (Å²) in [7, 11) is 0. The summed E-state index contributed by atoms with van der Waals surface area (Å²) in [4.78, 5) is 2.58. The van der Waals surface area contributed by atoms with Crippen LogP contribution < -0.4 is 15.7 Å². The number of para-hydroxylation sites is 4. The quantitative estimate of drug-likeness (QED) is 0.176. The molecule has 2 aliphatic rings. The number of fused-ring (bicyclic) bond motifs is 11. The van der Waals surface area contributed by atoms with Gasteiger partial charge in [-0.05, 0) is 87.3 Å². The van der Waals surface area contributed by atoms with E-state index in [4.69, 9.17) is 4.42 Å². The largest absolute Gasteiger partial charge is 0.456 e. The first-order valence-electron chi connectivity index (χ1n) is 18.0. The topological polar surface area (TPSA) is 21.3 Å². The molecular weight excluding hydrogens is 631 g/mol. The van der Waals surface area contributed by atoms with Crippen molar-refractivity contribution in [2.75, 3.05) is 4.81 Å². The van der Waals surface area contributed by atoms with E-state index in [1.165, 1.54) is 77.5 Å². The minimum absolute atomic E-state index is 0.0468.